The maximum absolute atomic E-state index is 10.5. The molecular weight excluding hydrogens is 152 g/mol. The second-order valence-corrected chi connectivity index (χ2v) is 2.30. The van der Waals surface area contributed by atoms with Gasteiger partial charge in [-0.15, -0.1) is 0 Å². The van der Waals surface area contributed by atoms with Crippen LogP contribution >= 0.6 is 0 Å². The van der Waals surface area contributed by atoms with E-state index in [9.17, 15) is 4.79 Å². The van der Waals surface area contributed by atoms with Crippen molar-refractivity contribution < 1.29 is 24.9 Å². The molecule has 0 radical (unpaired) electrons. The van der Waals surface area contributed by atoms with Crippen LogP contribution in [0.5, 0.6) is 0 Å². The summed E-state index contributed by atoms with van der Waals surface area (Å²) in [5.74, 6) is -2.44. The highest BCUT2D eigenvalue weighted by atomic mass is 16.6. The van der Waals surface area contributed by atoms with Gasteiger partial charge in [-0.3, -0.25) is 0 Å². The molecule has 5 heteroatoms. The van der Waals surface area contributed by atoms with Gasteiger partial charge in [-0.05, 0) is 6.92 Å². The molecule has 0 aromatic rings. The van der Waals surface area contributed by atoms with Gasteiger partial charge in [0.05, 0.1) is 6.10 Å². The molecule has 5 nitrogen and oxygen atoms in total. The van der Waals surface area contributed by atoms with Gasteiger partial charge < -0.3 is 20.1 Å². The van der Waals surface area contributed by atoms with Crippen molar-refractivity contribution in [3.63, 3.8) is 0 Å². The van der Waals surface area contributed by atoms with E-state index in [2.05, 4.69) is 4.74 Å². The average Bonchev–Trinajstić information content (AvgIpc) is 2.17. The lowest BCUT2D eigenvalue weighted by atomic mass is 10.2. The van der Waals surface area contributed by atoms with Crippen LogP contribution in [-0.4, -0.2) is 33.5 Å². The summed E-state index contributed by atoms with van der Waals surface area (Å²) in [6.07, 6.45) is -2.15. The number of aliphatic hydroxyl groups excluding tert-OH is 3. The van der Waals surface area contributed by atoms with Crippen LogP contribution in [-0.2, 0) is 9.53 Å². The number of esters is 1. The summed E-state index contributed by atoms with van der Waals surface area (Å²) in [5.41, 5.74) is 0. The Labute approximate surface area is 62.5 Å². The summed E-state index contributed by atoms with van der Waals surface area (Å²) in [5, 5.41) is 26.5. The third-order valence-corrected chi connectivity index (χ3v) is 1.38. The van der Waals surface area contributed by atoms with Crippen LogP contribution in [0.4, 0.5) is 0 Å². The fourth-order valence-corrected chi connectivity index (χ4v) is 0.793. The molecule has 0 saturated heterocycles. The molecule has 1 rings (SSSR count). The number of aliphatic hydroxyl groups is 3. The van der Waals surface area contributed by atoms with Crippen molar-refractivity contribution in [1.82, 2.24) is 0 Å². The Hall–Kier alpha value is -1.23. The van der Waals surface area contributed by atoms with Crippen molar-refractivity contribution in [2.24, 2.45) is 0 Å². The second-order valence-electron chi connectivity index (χ2n) is 2.30. The molecule has 2 unspecified atom stereocenters. The van der Waals surface area contributed by atoms with E-state index in [-0.39, 0.29) is 0 Å². The van der Waals surface area contributed by atoms with E-state index in [1.807, 2.05) is 0 Å². The van der Waals surface area contributed by atoms with Gasteiger partial charge >= 0.3 is 5.97 Å². The van der Waals surface area contributed by atoms with Gasteiger partial charge in [-0.1, -0.05) is 0 Å². The van der Waals surface area contributed by atoms with E-state index in [1.54, 1.807) is 0 Å². The zero-order chi connectivity index (χ0) is 8.59. The first-order valence-corrected chi connectivity index (χ1v) is 3.05. The number of cyclic esters (lactones) is 1. The summed E-state index contributed by atoms with van der Waals surface area (Å²) in [6, 6.07) is 0. The zero-order valence-corrected chi connectivity index (χ0v) is 5.81. The van der Waals surface area contributed by atoms with Crippen molar-refractivity contribution in [2.75, 3.05) is 0 Å². The third kappa shape index (κ3) is 1.14. The average molecular weight is 160 g/mol. The van der Waals surface area contributed by atoms with Gasteiger partial charge in [0.25, 0.3) is 0 Å². The maximum atomic E-state index is 10.5. The number of ether oxygens (including phenoxy) is 1. The van der Waals surface area contributed by atoms with Gasteiger partial charge in [0.15, 0.2) is 11.9 Å². The highest BCUT2D eigenvalue weighted by Crippen LogP contribution is 2.20. The molecule has 0 aliphatic carbocycles. The Kier molecular flexibility index (Phi) is 1.74. The van der Waals surface area contributed by atoms with Crippen LogP contribution < -0.4 is 0 Å². The van der Waals surface area contributed by atoms with E-state index < -0.39 is 29.7 Å². The molecule has 0 saturated carbocycles. The number of hydrogen-bond donors (Lipinski definition) is 3. The van der Waals surface area contributed by atoms with Gasteiger partial charge in [0.2, 0.25) is 5.76 Å². The topological polar surface area (TPSA) is 87.0 Å². The molecular formula is C6H8O5. The molecule has 1 aliphatic rings. The van der Waals surface area contributed by atoms with E-state index in [1.165, 1.54) is 6.92 Å². The van der Waals surface area contributed by atoms with E-state index in [4.69, 9.17) is 15.3 Å². The molecule has 1 heterocycles. The van der Waals surface area contributed by atoms with Gasteiger partial charge in [-0.25, -0.2) is 4.79 Å². The lowest BCUT2D eigenvalue weighted by molar-refractivity contribution is -0.146. The molecule has 62 valence electrons. The number of carbonyl (C=O) groups is 1. The molecule has 0 aromatic carbocycles. The largest absolute Gasteiger partial charge is 0.505 e. The fourth-order valence-electron chi connectivity index (χ4n) is 0.793. The molecule has 0 bridgehead atoms. The maximum Gasteiger partial charge on any atom is 0.377 e. The summed E-state index contributed by atoms with van der Waals surface area (Å²) < 4.78 is 4.38. The molecule has 2 atom stereocenters. The van der Waals surface area contributed by atoms with Gasteiger partial charge in [0.1, 0.15) is 0 Å². The Bertz CT molecular complexity index is 217. The minimum atomic E-state index is -1.12. The SMILES string of the molecule is CC(O)C1OC(=O)C(O)=C1O. The lowest BCUT2D eigenvalue weighted by Gasteiger charge is -2.11. The predicted molar refractivity (Wildman–Crippen MR) is 33.8 cm³/mol. The molecule has 0 aromatic heterocycles. The van der Waals surface area contributed by atoms with Crippen LogP contribution in [0.2, 0.25) is 0 Å². The quantitative estimate of drug-likeness (QED) is 0.455. The van der Waals surface area contributed by atoms with Crippen molar-refractivity contribution in [3.8, 4) is 0 Å². The first-order chi connectivity index (χ1) is 5.04. The highest BCUT2D eigenvalue weighted by molar-refractivity contribution is 5.89. The minimum Gasteiger partial charge on any atom is -0.505 e. The number of hydrogen-bond acceptors (Lipinski definition) is 5. The van der Waals surface area contributed by atoms with Crippen LogP contribution in [0.25, 0.3) is 0 Å². The summed E-state index contributed by atoms with van der Waals surface area (Å²) in [4.78, 5) is 10.5. The summed E-state index contributed by atoms with van der Waals surface area (Å²) >= 11 is 0. The first-order valence-electron chi connectivity index (χ1n) is 3.05. The van der Waals surface area contributed by atoms with Gasteiger partial charge in [0, 0.05) is 0 Å². The Morgan fingerprint density at radius 1 is 1.55 bits per heavy atom. The Morgan fingerprint density at radius 3 is 2.27 bits per heavy atom. The zero-order valence-electron chi connectivity index (χ0n) is 5.81. The second kappa shape index (κ2) is 2.43. The highest BCUT2D eigenvalue weighted by Gasteiger charge is 2.37. The Balaban J connectivity index is 2.86. The van der Waals surface area contributed by atoms with Gasteiger partial charge in [-0.2, -0.15) is 0 Å². The Morgan fingerprint density at radius 2 is 2.09 bits per heavy atom. The lowest BCUT2D eigenvalue weighted by Crippen LogP contribution is -2.25. The van der Waals surface area contributed by atoms with E-state index >= 15 is 0 Å². The summed E-state index contributed by atoms with van der Waals surface area (Å²) in [7, 11) is 0. The minimum absolute atomic E-state index is 0.606. The molecule has 0 fully saturated rings. The molecule has 11 heavy (non-hydrogen) atoms. The molecule has 3 N–H and O–H groups in total. The van der Waals surface area contributed by atoms with Crippen molar-refractivity contribution >= 4 is 5.97 Å². The van der Waals surface area contributed by atoms with Crippen LogP contribution in [0.1, 0.15) is 6.92 Å². The van der Waals surface area contributed by atoms with Crippen LogP contribution in [0.15, 0.2) is 11.5 Å². The number of carbonyl (C=O) groups excluding carboxylic acids is 1. The smallest absolute Gasteiger partial charge is 0.377 e. The van der Waals surface area contributed by atoms with Crippen LogP contribution in [0.3, 0.4) is 0 Å². The first kappa shape index (κ1) is 7.87. The predicted octanol–water partition coefficient (Wildman–Crippen LogP) is -0.380. The molecule has 1 aliphatic heterocycles. The molecule has 0 spiro atoms. The standard InChI is InChI=1S/C6H8O5/c1-2(7)5-3(8)4(9)6(10)11-5/h2,5,7-9H,1H3. The molecule has 0 amide bonds. The summed E-state index contributed by atoms with van der Waals surface area (Å²) in [6.45, 7) is 1.34. The third-order valence-electron chi connectivity index (χ3n) is 1.38. The van der Waals surface area contributed by atoms with Crippen molar-refractivity contribution in [1.29, 1.82) is 0 Å². The van der Waals surface area contributed by atoms with E-state index in [0.717, 1.165) is 0 Å². The fraction of sp³-hybridized carbons (Fsp3) is 0.500. The van der Waals surface area contributed by atoms with Crippen molar-refractivity contribution in [3.05, 3.63) is 11.5 Å². The normalized spacial score (nSPS) is 27.1. The van der Waals surface area contributed by atoms with E-state index in [0.29, 0.717) is 0 Å². The van der Waals surface area contributed by atoms with Crippen LogP contribution in [0, 0.1) is 0 Å². The number of rotatable bonds is 1. The monoisotopic (exact) mass is 160 g/mol. The van der Waals surface area contributed by atoms with Crippen molar-refractivity contribution in [2.45, 2.75) is 19.1 Å².